The Kier molecular flexibility index (Phi) is 4.86. The van der Waals surface area contributed by atoms with Crippen molar-refractivity contribution in [3.8, 4) is 0 Å². The molecule has 1 aliphatic heterocycles. The minimum absolute atomic E-state index is 0. The maximum absolute atomic E-state index is 5.85. The molecule has 2 aromatic rings. The second kappa shape index (κ2) is 6.42. The normalized spacial score (nSPS) is 19.3. The maximum Gasteiger partial charge on any atom is 0.0445 e. The molecule has 1 unspecified atom stereocenters. The average molecular weight is 295 g/mol. The molecule has 0 amide bonds. The van der Waals surface area contributed by atoms with Crippen LogP contribution in [-0.2, 0) is 6.54 Å². The molecule has 0 aliphatic carbocycles. The topological polar surface area (TPSA) is 29.3 Å². The van der Waals surface area contributed by atoms with Crippen LogP contribution in [0.1, 0.15) is 29.3 Å². The third-order valence-corrected chi connectivity index (χ3v) is 4.55. The number of thiophene rings is 1. The van der Waals surface area contributed by atoms with Crippen LogP contribution in [0.4, 0.5) is 5.69 Å². The number of halogens is 1. The molecule has 1 aromatic heterocycles. The van der Waals surface area contributed by atoms with Crippen LogP contribution in [0.15, 0.2) is 41.8 Å². The first-order chi connectivity index (χ1) is 8.83. The smallest absolute Gasteiger partial charge is 0.0445 e. The lowest BCUT2D eigenvalue weighted by Crippen LogP contribution is -2.22. The van der Waals surface area contributed by atoms with Crippen LogP contribution in [0.5, 0.6) is 0 Å². The Morgan fingerprint density at radius 1 is 1.26 bits per heavy atom. The lowest BCUT2D eigenvalue weighted by molar-refractivity contribution is 0.251. The number of nitrogens with two attached hydrogens (primary N) is 1. The number of benzene rings is 1. The molecule has 2 N–H and O–H groups in total. The van der Waals surface area contributed by atoms with E-state index in [4.69, 9.17) is 5.73 Å². The molecule has 4 heteroatoms. The van der Waals surface area contributed by atoms with E-state index in [1.807, 2.05) is 23.5 Å². The van der Waals surface area contributed by atoms with Gasteiger partial charge in [-0.25, -0.2) is 0 Å². The number of nitrogens with zero attached hydrogens (tertiary/aromatic N) is 1. The summed E-state index contributed by atoms with van der Waals surface area (Å²) in [4.78, 5) is 4.07. The van der Waals surface area contributed by atoms with Gasteiger partial charge in [-0.2, -0.15) is 0 Å². The third kappa shape index (κ3) is 3.30. The van der Waals surface area contributed by atoms with Crippen molar-refractivity contribution in [3.63, 3.8) is 0 Å². The molecular formula is C15H19ClN2S. The lowest BCUT2D eigenvalue weighted by atomic mass is 10.1. The third-order valence-electron chi connectivity index (χ3n) is 3.57. The van der Waals surface area contributed by atoms with Crippen LogP contribution in [0, 0.1) is 0 Å². The van der Waals surface area contributed by atoms with E-state index in [0.29, 0.717) is 6.04 Å². The van der Waals surface area contributed by atoms with Gasteiger partial charge in [0.15, 0.2) is 0 Å². The van der Waals surface area contributed by atoms with Crippen LogP contribution in [0.2, 0.25) is 0 Å². The predicted molar refractivity (Wildman–Crippen MR) is 84.8 cm³/mol. The minimum atomic E-state index is 0. The van der Waals surface area contributed by atoms with Gasteiger partial charge in [-0.3, -0.25) is 4.90 Å². The molecule has 3 rings (SSSR count). The Morgan fingerprint density at radius 2 is 2.16 bits per heavy atom. The fraction of sp³-hybridized carbons (Fsp3) is 0.333. The summed E-state index contributed by atoms with van der Waals surface area (Å²) in [5.41, 5.74) is 8.02. The van der Waals surface area contributed by atoms with E-state index >= 15 is 0 Å². The second-order valence-electron chi connectivity index (χ2n) is 4.89. The molecule has 1 saturated heterocycles. The zero-order valence-electron chi connectivity index (χ0n) is 10.8. The first-order valence-electron chi connectivity index (χ1n) is 6.45. The Balaban J connectivity index is 0.00000133. The lowest BCUT2D eigenvalue weighted by Gasteiger charge is -2.23. The summed E-state index contributed by atoms with van der Waals surface area (Å²) in [5.74, 6) is 0. The van der Waals surface area contributed by atoms with Gasteiger partial charge in [-0.15, -0.1) is 23.7 Å². The van der Waals surface area contributed by atoms with Crippen molar-refractivity contribution >= 4 is 29.4 Å². The zero-order chi connectivity index (χ0) is 12.4. The number of anilines is 1. The molecule has 2 heterocycles. The molecule has 1 aliphatic rings. The van der Waals surface area contributed by atoms with E-state index in [9.17, 15) is 0 Å². The molecule has 1 fully saturated rings. The van der Waals surface area contributed by atoms with Crippen LogP contribution >= 0.6 is 23.7 Å². The summed E-state index contributed by atoms with van der Waals surface area (Å²) in [6.45, 7) is 2.20. The van der Waals surface area contributed by atoms with E-state index in [0.717, 1.165) is 12.2 Å². The van der Waals surface area contributed by atoms with Gasteiger partial charge in [0, 0.05) is 23.2 Å². The number of hydrogen-bond acceptors (Lipinski definition) is 3. The van der Waals surface area contributed by atoms with Gasteiger partial charge in [0.2, 0.25) is 0 Å². The quantitative estimate of drug-likeness (QED) is 0.864. The van der Waals surface area contributed by atoms with E-state index in [-0.39, 0.29) is 12.4 Å². The summed E-state index contributed by atoms with van der Waals surface area (Å²) >= 11 is 1.87. The van der Waals surface area contributed by atoms with Crippen LogP contribution in [-0.4, -0.2) is 11.4 Å². The zero-order valence-corrected chi connectivity index (χ0v) is 12.4. The molecular weight excluding hydrogens is 276 g/mol. The molecule has 19 heavy (non-hydrogen) atoms. The molecule has 1 atom stereocenters. The number of rotatable bonds is 3. The second-order valence-corrected chi connectivity index (χ2v) is 5.87. The summed E-state index contributed by atoms with van der Waals surface area (Å²) in [6, 6.07) is 13.3. The summed E-state index contributed by atoms with van der Waals surface area (Å²) in [5, 5.41) is 2.17. The van der Waals surface area contributed by atoms with E-state index < -0.39 is 0 Å². The van der Waals surface area contributed by atoms with Gasteiger partial charge in [0.05, 0.1) is 0 Å². The maximum atomic E-state index is 5.85. The molecule has 0 radical (unpaired) electrons. The van der Waals surface area contributed by atoms with Gasteiger partial charge < -0.3 is 5.73 Å². The number of nitrogen functional groups attached to an aromatic ring is 1. The first-order valence-corrected chi connectivity index (χ1v) is 7.33. The number of hydrogen-bond donors (Lipinski definition) is 1. The Morgan fingerprint density at radius 3 is 2.89 bits per heavy atom. The standard InChI is InChI=1S/C15H18N2S.ClH/c16-13-5-1-4-12(10-13)11-17-8-2-6-14(17)15-7-3-9-18-15;/h1,3-5,7,9-10,14H,2,6,8,11,16H2;1H. The van der Waals surface area contributed by atoms with Crippen LogP contribution in [0.25, 0.3) is 0 Å². The minimum Gasteiger partial charge on any atom is -0.399 e. The molecule has 1 aromatic carbocycles. The summed E-state index contributed by atoms with van der Waals surface area (Å²) < 4.78 is 0. The highest BCUT2D eigenvalue weighted by Crippen LogP contribution is 2.35. The van der Waals surface area contributed by atoms with Gasteiger partial charge in [0.25, 0.3) is 0 Å². The monoisotopic (exact) mass is 294 g/mol. The van der Waals surface area contributed by atoms with Gasteiger partial charge >= 0.3 is 0 Å². The Hall–Kier alpha value is -1.03. The van der Waals surface area contributed by atoms with E-state index in [1.165, 1.54) is 29.8 Å². The van der Waals surface area contributed by atoms with Gasteiger partial charge in [-0.1, -0.05) is 18.2 Å². The van der Waals surface area contributed by atoms with Crippen molar-refractivity contribution in [2.45, 2.75) is 25.4 Å². The SMILES string of the molecule is Cl.Nc1cccc(CN2CCCC2c2cccs2)c1. The van der Waals surface area contributed by atoms with Crippen molar-refractivity contribution in [2.75, 3.05) is 12.3 Å². The largest absolute Gasteiger partial charge is 0.399 e. The Labute approximate surface area is 124 Å². The van der Waals surface area contributed by atoms with Crippen LogP contribution in [0.3, 0.4) is 0 Å². The fourth-order valence-electron chi connectivity index (χ4n) is 2.74. The Bertz CT molecular complexity index is 513. The van der Waals surface area contributed by atoms with Crippen molar-refractivity contribution in [3.05, 3.63) is 52.2 Å². The van der Waals surface area contributed by atoms with Crippen molar-refractivity contribution in [2.24, 2.45) is 0 Å². The summed E-state index contributed by atoms with van der Waals surface area (Å²) in [6.07, 6.45) is 2.58. The molecule has 2 nitrogen and oxygen atoms in total. The van der Waals surface area contributed by atoms with Gasteiger partial charge in [-0.05, 0) is 48.5 Å². The molecule has 0 spiro atoms. The highest BCUT2D eigenvalue weighted by atomic mass is 35.5. The van der Waals surface area contributed by atoms with Crippen LogP contribution < -0.4 is 5.73 Å². The summed E-state index contributed by atoms with van der Waals surface area (Å²) in [7, 11) is 0. The molecule has 102 valence electrons. The van der Waals surface area contributed by atoms with Gasteiger partial charge in [0.1, 0.15) is 0 Å². The highest BCUT2D eigenvalue weighted by Gasteiger charge is 2.26. The van der Waals surface area contributed by atoms with Crippen molar-refractivity contribution in [1.29, 1.82) is 0 Å². The highest BCUT2D eigenvalue weighted by molar-refractivity contribution is 7.10. The van der Waals surface area contributed by atoms with Crippen molar-refractivity contribution < 1.29 is 0 Å². The van der Waals surface area contributed by atoms with E-state index in [1.54, 1.807) is 0 Å². The first kappa shape index (κ1) is 14.4. The van der Waals surface area contributed by atoms with Crippen molar-refractivity contribution in [1.82, 2.24) is 4.90 Å². The average Bonchev–Trinajstić information content (AvgIpc) is 2.98. The predicted octanol–water partition coefficient (Wildman–Crippen LogP) is 4.09. The fourth-order valence-corrected chi connectivity index (χ4v) is 3.64. The van der Waals surface area contributed by atoms with E-state index in [2.05, 4.69) is 34.5 Å². The molecule has 0 saturated carbocycles. The number of likely N-dealkylation sites (tertiary alicyclic amines) is 1. The molecule has 0 bridgehead atoms.